The van der Waals surface area contributed by atoms with Gasteiger partial charge in [0.25, 0.3) is 0 Å². The molecular formula is C22H39ClO2. The van der Waals surface area contributed by atoms with E-state index in [4.69, 9.17) is 16.3 Å². The normalized spacial score (nSPS) is 32.0. The summed E-state index contributed by atoms with van der Waals surface area (Å²) in [5.74, 6) is 3.58. The quantitative estimate of drug-likeness (QED) is 0.233. The molecule has 0 aromatic rings. The molecule has 0 aliphatic heterocycles. The minimum atomic E-state index is 0.108. The highest BCUT2D eigenvalue weighted by molar-refractivity contribution is 6.17. The Hall–Kier alpha value is -0.240. The van der Waals surface area contributed by atoms with E-state index in [1.165, 1.54) is 51.4 Å². The van der Waals surface area contributed by atoms with Crippen LogP contribution in [0.3, 0.4) is 0 Å². The first-order valence-corrected chi connectivity index (χ1v) is 11.3. The first-order chi connectivity index (χ1) is 12.0. The van der Waals surface area contributed by atoms with E-state index in [2.05, 4.69) is 20.8 Å². The molecule has 3 heteroatoms. The Labute approximate surface area is 160 Å². The number of halogens is 1. The Morgan fingerprint density at radius 2 is 1.72 bits per heavy atom. The lowest BCUT2D eigenvalue weighted by Crippen LogP contribution is -2.36. The minimum absolute atomic E-state index is 0.108. The summed E-state index contributed by atoms with van der Waals surface area (Å²) >= 11 is 5.70. The largest absolute Gasteiger partial charge is 0.462 e. The average Bonchev–Trinajstić information content (AvgIpc) is 3.33. The maximum Gasteiger partial charge on any atom is 0.309 e. The second kappa shape index (κ2) is 10.8. The average molecular weight is 371 g/mol. The summed E-state index contributed by atoms with van der Waals surface area (Å²) < 4.78 is 6.01. The third-order valence-corrected chi connectivity index (χ3v) is 6.68. The molecule has 0 amide bonds. The van der Waals surface area contributed by atoms with E-state index in [-0.39, 0.29) is 18.0 Å². The van der Waals surface area contributed by atoms with Crippen LogP contribution >= 0.6 is 11.6 Å². The standard InChI is InChI=1S/C22H39ClO2/c1-16(2)19-12-11-17(3)14-21(19)25-22(24)20-15-18(20)10-8-6-4-5-7-9-13-23/h16-21H,4-15H2,1-3H3. The van der Waals surface area contributed by atoms with Gasteiger partial charge < -0.3 is 4.74 Å². The number of carbonyl (C=O) groups is 1. The van der Waals surface area contributed by atoms with Crippen molar-refractivity contribution in [2.24, 2.45) is 29.6 Å². The van der Waals surface area contributed by atoms with Gasteiger partial charge in [-0.1, -0.05) is 59.3 Å². The molecule has 0 saturated heterocycles. The molecule has 0 radical (unpaired) electrons. The van der Waals surface area contributed by atoms with Crippen molar-refractivity contribution in [3.8, 4) is 0 Å². The molecule has 2 nitrogen and oxygen atoms in total. The molecule has 2 saturated carbocycles. The van der Waals surface area contributed by atoms with Crippen LogP contribution in [0.5, 0.6) is 0 Å². The predicted octanol–water partition coefficient (Wildman–Crippen LogP) is 6.60. The van der Waals surface area contributed by atoms with Crippen molar-refractivity contribution in [3.63, 3.8) is 0 Å². The van der Waals surface area contributed by atoms with Gasteiger partial charge in [-0.2, -0.15) is 0 Å². The molecule has 0 aromatic heterocycles. The fourth-order valence-electron chi connectivity index (χ4n) is 4.55. The predicted molar refractivity (Wildman–Crippen MR) is 106 cm³/mol. The minimum Gasteiger partial charge on any atom is -0.462 e. The molecule has 2 rings (SSSR count). The van der Waals surface area contributed by atoms with Crippen LogP contribution in [0.4, 0.5) is 0 Å². The van der Waals surface area contributed by atoms with Crippen LogP contribution < -0.4 is 0 Å². The number of hydrogen-bond acceptors (Lipinski definition) is 2. The lowest BCUT2D eigenvalue weighted by molar-refractivity contribution is -0.158. The van der Waals surface area contributed by atoms with Crippen molar-refractivity contribution < 1.29 is 9.53 Å². The fourth-order valence-corrected chi connectivity index (χ4v) is 4.74. The SMILES string of the molecule is CC1CCC(C(C)C)C(OC(=O)C2CC2CCCCCCCCCl)C1. The fraction of sp³-hybridized carbons (Fsp3) is 0.955. The van der Waals surface area contributed by atoms with Crippen LogP contribution in [-0.4, -0.2) is 18.0 Å². The molecule has 0 aromatic carbocycles. The second-order valence-corrected chi connectivity index (χ2v) is 9.38. The van der Waals surface area contributed by atoms with E-state index in [1.807, 2.05) is 0 Å². The Morgan fingerprint density at radius 3 is 2.40 bits per heavy atom. The Morgan fingerprint density at radius 1 is 1.04 bits per heavy atom. The molecule has 2 aliphatic rings. The molecule has 2 aliphatic carbocycles. The third-order valence-electron chi connectivity index (χ3n) is 6.41. The first kappa shape index (κ1) is 21.1. The Bertz CT molecular complexity index is 395. The topological polar surface area (TPSA) is 26.3 Å². The van der Waals surface area contributed by atoms with Gasteiger partial charge in [-0.15, -0.1) is 11.6 Å². The van der Waals surface area contributed by atoms with Gasteiger partial charge in [-0.25, -0.2) is 0 Å². The van der Waals surface area contributed by atoms with Gasteiger partial charge in [0.05, 0.1) is 5.92 Å². The maximum atomic E-state index is 12.5. The summed E-state index contributed by atoms with van der Waals surface area (Å²) in [6.07, 6.45) is 13.6. The van der Waals surface area contributed by atoms with Gasteiger partial charge in [-0.05, 0) is 55.8 Å². The van der Waals surface area contributed by atoms with E-state index < -0.39 is 0 Å². The number of unbranched alkanes of at least 4 members (excludes halogenated alkanes) is 5. The smallest absolute Gasteiger partial charge is 0.309 e. The number of hydrogen-bond donors (Lipinski definition) is 0. The van der Waals surface area contributed by atoms with Crippen molar-refractivity contribution in [3.05, 3.63) is 0 Å². The Kier molecular flexibility index (Phi) is 9.10. The highest BCUT2D eigenvalue weighted by atomic mass is 35.5. The summed E-state index contributed by atoms with van der Waals surface area (Å²) in [6.45, 7) is 6.84. The first-order valence-electron chi connectivity index (χ1n) is 10.8. The number of alkyl halides is 1. The van der Waals surface area contributed by atoms with Gasteiger partial charge in [-0.3, -0.25) is 4.79 Å². The molecule has 0 spiro atoms. The van der Waals surface area contributed by atoms with E-state index >= 15 is 0 Å². The number of carbonyl (C=O) groups excluding carboxylic acids is 1. The zero-order chi connectivity index (χ0) is 18.2. The summed E-state index contributed by atoms with van der Waals surface area (Å²) in [6, 6.07) is 0. The van der Waals surface area contributed by atoms with Crippen molar-refractivity contribution >= 4 is 17.6 Å². The van der Waals surface area contributed by atoms with E-state index in [1.54, 1.807) is 0 Å². The van der Waals surface area contributed by atoms with Crippen LogP contribution in [0.2, 0.25) is 0 Å². The van der Waals surface area contributed by atoms with E-state index in [0.717, 1.165) is 25.1 Å². The molecule has 146 valence electrons. The molecule has 0 N–H and O–H groups in total. The van der Waals surface area contributed by atoms with Crippen molar-refractivity contribution in [1.29, 1.82) is 0 Å². The lowest BCUT2D eigenvalue weighted by atomic mass is 9.75. The van der Waals surface area contributed by atoms with Crippen molar-refractivity contribution in [1.82, 2.24) is 0 Å². The number of rotatable bonds is 11. The van der Waals surface area contributed by atoms with Crippen molar-refractivity contribution in [2.45, 2.75) is 97.5 Å². The van der Waals surface area contributed by atoms with Crippen LogP contribution in [0, 0.1) is 29.6 Å². The number of esters is 1. The molecule has 5 unspecified atom stereocenters. The summed E-state index contributed by atoms with van der Waals surface area (Å²) in [7, 11) is 0. The van der Waals surface area contributed by atoms with Crippen LogP contribution in [0.1, 0.15) is 91.4 Å². The maximum absolute atomic E-state index is 12.5. The van der Waals surface area contributed by atoms with Crippen LogP contribution in [0.25, 0.3) is 0 Å². The highest BCUT2D eigenvalue weighted by Crippen LogP contribution is 2.45. The van der Waals surface area contributed by atoms with Crippen molar-refractivity contribution in [2.75, 3.05) is 5.88 Å². The van der Waals surface area contributed by atoms with E-state index in [0.29, 0.717) is 23.7 Å². The lowest BCUT2D eigenvalue weighted by Gasteiger charge is -2.36. The molecule has 25 heavy (non-hydrogen) atoms. The van der Waals surface area contributed by atoms with Gasteiger partial charge in [0.15, 0.2) is 0 Å². The highest BCUT2D eigenvalue weighted by Gasteiger charge is 2.45. The Balaban J connectivity index is 1.62. The van der Waals surface area contributed by atoms with Gasteiger partial charge in [0.1, 0.15) is 6.10 Å². The summed E-state index contributed by atoms with van der Waals surface area (Å²) in [5.41, 5.74) is 0. The molecule has 0 heterocycles. The van der Waals surface area contributed by atoms with Gasteiger partial charge >= 0.3 is 5.97 Å². The molecule has 2 fully saturated rings. The summed E-state index contributed by atoms with van der Waals surface area (Å²) in [5, 5.41) is 0. The molecule has 5 atom stereocenters. The monoisotopic (exact) mass is 370 g/mol. The van der Waals surface area contributed by atoms with E-state index in [9.17, 15) is 4.79 Å². The summed E-state index contributed by atoms with van der Waals surface area (Å²) in [4.78, 5) is 12.5. The number of ether oxygens (including phenoxy) is 1. The van der Waals surface area contributed by atoms with Crippen LogP contribution in [-0.2, 0) is 9.53 Å². The van der Waals surface area contributed by atoms with Crippen LogP contribution in [0.15, 0.2) is 0 Å². The molecular weight excluding hydrogens is 332 g/mol. The van der Waals surface area contributed by atoms with Gasteiger partial charge in [0, 0.05) is 5.88 Å². The second-order valence-electron chi connectivity index (χ2n) is 9.00. The van der Waals surface area contributed by atoms with Gasteiger partial charge in [0.2, 0.25) is 0 Å². The molecule has 0 bridgehead atoms. The zero-order valence-corrected chi connectivity index (χ0v) is 17.4. The zero-order valence-electron chi connectivity index (χ0n) is 16.6. The third kappa shape index (κ3) is 7.12.